The molecule has 0 spiro atoms. The predicted octanol–water partition coefficient (Wildman–Crippen LogP) is 2.83. The van der Waals surface area contributed by atoms with E-state index in [9.17, 15) is 4.79 Å². The van der Waals surface area contributed by atoms with Crippen LogP contribution in [0.4, 0.5) is 5.13 Å². The van der Waals surface area contributed by atoms with Gasteiger partial charge in [0.2, 0.25) is 0 Å². The van der Waals surface area contributed by atoms with E-state index >= 15 is 0 Å². The van der Waals surface area contributed by atoms with Crippen LogP contribution in [0.25, 0.3) is 0 Å². The average molecular weight is 307 g/mol. The van der Waals surface area contributed by atoms with Crippen molar-refractivity contribution in [3.63, 3.8) is 0 Å². The van der Waals surface area contributed by atoms with Crippen LogP contribution in [0.2, 0.25) is 5.15 Å². The third-order valence-electron chi connectivity index (χ3n) is 2.85. The lowest BCUT2D eigenvalue weighted by molar-refractivity contribution is 0.0606. The molecule has 0 bridgehead atoms. The number of hydrogen-bond acceptors (Lipinski definition) is 6. The Labute approximate surface area is 122 Å². The average Bonchev–Trinajstić information content (AvgIpc) is 2.79. The van der Waals surface area contributed by atoms with Crippen LogP contribution in [0.3, 0.4) is 0 Å². The van der Waals surface area contributed by atoms with Crippen LogP contribution in [0.5, 0.6) is 0 Å². The third kappa shape index (κ3) is 4.06. The molecule has 1 unspecified atom stereocenters. The lowest BCUT2D eigenvalue weighted by Crippen LogP contribution is -2.35. The summed E-state index contributed by atoms with van der Waals surface area (Å²) < 4.78 is 9.79. The van der Waals surface area contributed by atoms with Gasteiger partial charge in [-0.3, -0.25) is 0 Å². The second kappa shape index (κ2) is 7.67. The molecule has 0 aliphatic rings. The van der Waals surface area contributed by atoms with Crippen molar-refractivity contribution in [2.45, 2.75) is 26.3 Å². The molecule has 0 aliphatic carbocycles. The van der Waals surface area contributed by atoms with E-state index in [0.29, 0.717) is 24.1 Å². The maximum atomic E-state index is 11.5. The van der Waals surface area contributed by atoms with Crippen LogP contribution in [-0.4, -0.2) is 44.4 Å². The maximum Gasteiger partial charge on any atom is 0.351 e. The molecule has 0 radical (unpaired) electrons. The van der Waals surface area contributed by atoms with Gasteiger partial charge in [-0.25, -0.2) is 9.78 Å². The summed E-state index contributed by atoms with van der Waals surface area (Å²) in [5.74, 6) is -0.454. The number of nitrogens with zero attached hydrogens (tertiary/aromatic N) is 2. The highest BCUT2D eigenvalue weighted by atomic mass is 35.5. The fraction of sp³-hybridized carbons (Fsp3) is 0.667. The molecule has 1 rings (SSSR count). The van der Waals surface area contributed by atoms with Crippen molar-refractivity contribution in [1.29, 1.82) is 0 Å². The van der Waals surface area contributed by atoms with Crippen molar-refractivity contribution in [3.8, 4) is 0 Å². The summed E-state index contributed by atoms with van der Waals surface area (Å²) in [6, 6.07) is 0.294. The van der Waals surface area contributed by atoms with Gasteiger partial charge in [0.25, 0.3) is 0 Å². The Morgan fingerprint density at radius 2 is 2.21 bits per heavy atom. The van der Waals surface area contributed by atoms with Gasteiger partial charge in [0, 0.05) is 19.7 Å². The number of rotatable bonds is 7. The van der Waals surface area contributed by atoms with Gasteiger partial charge < -0.3 is 14.4 Å². The van der Waals surface area contributed by atoms with E-state index in [1.165, 1.54) is 18.4 Å². The highest BCUT2D eigenvalue weighted by molar-refractivity contribution is 7.18. The molecule has 0 aromatic carbocycles. The van der Waals surface area contributed by atoms with E-state index in [1.54, 1.807) is 7.11 Å². The Balaban J connectivity index is 2.99. The molecule has 7 heteroatoms. The molecule has 0 aliphatic heterocycles. The number of carbonyl (C=O) groups is 1. The van der Waals surface area contributed by atoms with Crippen LogP contribution in [-0.2, 0) is 9.47 Å². The minimum absolute atomic E-state index is 0.192. The van der Waals surface area contributed by atoms with Gasteiger partial charge in [-0.2, -0.15) is 0 Å². The Bertz CT molecular complexity index is 425. The van der Waals surface area contributed by atoms with Gasteiger partial charge in [-0.15, -0.1) is 0 Å². The van der Waals surface area contributed by atoms with Crippen molar-refractivity contribution >= 4 is 34.0 Å². The van der Waals surface area contributed by atoms with Gasteiger partial charge in [0.15, 0.2) is 15.2 Å². The fourth-order valence-electron chi connectivity index (χ4n) is 1.55. The Kier molecular flexibility index (Phi) is 6.54. The van der Waals surface area contributed by atoms with Crippen molar-refractivity contribution in [3.05, 3.63) is 10.0 Å². The maximum absolute atomic E-state index is 11.5. The van der Waals surface area contributed by atoms with Crippen LogP contribution >= 0.6 is 22.9 Å². The number of halogens is 1. The zero-order valence-electron chi connectivity index (χ0n) is 11.6. The molecule has 1 heterocycles. The van der Waals surface area contributed by atoms with Crippen molar-refractivity contribution in [2.24, 2.45) is 0 Å². The van der Waals surface area contributed by atoms with Gasteiger partial charge in [-0.05, 0) is 13.3 Å². The minimum Gasteiger partial charge on any atom is -0.465 e. The standard InChI is InChI=1S/C12H19ClN2O3S/c1-5-8(2)15(6-7-17-3)12-14-10(13)9(19-12)11(16)18-4/h8H,5-7H2,1-4H3. The summed E-state index contributed by atoms with van der Waals surface area (Å²) in [5.41, 5.74) is 0. The van der Waals surface area contributed by atoms with Gasteiger partial charge in [0.05, 0.1) is 13.7 Å². The minimum atomic E-state index is -0.454. The zero-order chi connectivity index (χ0) is 14.4. The van der Waals surface area contributed by atoms with E-state index < -0.39 is 5.97 Å². The van der Waals surface area contributed by atoms with Crippen molar-refractivity contribution in [2.75, 3.05) is 32.3 Å². The number of thiazole rings is 1. The molecular weight excluding hydrogens is 288 g/mol. The predicted molar refractivity (Wildman–Crippen MR) is 77.4 cm³/mol. The van der Waals surface area contributed by atoms with E-state index in [0.717, 1.165) is 11.6 Å². The van der Waals surface area contributed by atoms with E-state index in [2.05, 4.69) is 28.5 Å². The largest absolute Gasteiger partial charge is 0.465 e. The Morgan fingerprint density at radius 1 is 1.53 bits per heavy atom. The van der Waals surface area contributed by atoms with Crippen molar-refractivity contribution < 1.29 is 14.3 Å². The SMILES string of the molecule is CCC(C)N(CCOC)c1nc(Cl)c(C(=O)OC)s1. The number of hydrogen-bond donors (Lipinski definition) is 0. The number of carbonyl (C=O) groups excluding carboxylic acids is 1. The lowest BCUT2D eigenvalue weighted by atomic mass is 10.2. The van der Waals surface area contributed by atoms with Crippen LogP contribution < -0.4 is 4.90 Å². The third-order valence-corrected chi connectivity index (χ3v) is 4.31. The fourth-order valence-corrected chi connectivity index (χ4v) is 2.87. The lowest BCUT2D eigenvalue weighted by Gasteiger charge is -2.27. The van der Waals surface area contributed by atoms with Crippen LogP contribution in [0, 0.1) is 0 Å². The molecule has 0 amide bonds. The zero-order valence-corrected chi connectivity index (χ0v) is 13.2. The number of esters is 1. The smallest absolute Gasteiger partial charge is 0.351 e. The first-order chi connectivity index (χ1) is 9.04. The molecular formula is C12H19ClN2O3S. The molecule has 1 aromatic heterocycles. The number of ether oxygens (including phenoxy) is 2. The van der Waals surface area contributed by atoms with Gasteiger partial charge in [-0.1, -0.05) is 29.9 Å². The first-order valence-electron chi connectivity index (χ1n) is 6.05. The monoisotopic (exact) mass is 306 g/mol. The first kappa shape index (κ1) is 16.2. The molecule has 5 nitrogen and oxygen atoms in total. The number of aromatic nitrogens is 1. The summed E-state index contributed by atoms with van der Waals surface area (Å²) in [6.07, 6.45) is 0.967. The summed E-state index contributed by atoms with van der Waals surface area (Å²) >= 11 is 7.23. The van der Waals surface area contributed by atoms with E-state index in [4.69, 9.17) is 16.3 Å². The number of methoxy groups -OCH3 is 2. The molecule has 0 N–H and O–H groups in total. The second-order valence-electron chi connectivity index (χ2n) is 4.05. The summed E-state index contributed by atoms with van der Waals surface area (Å²) in [4.78, 5) is 18.2. The van der Waals surface area contributed by atoms with Crippen molar-refractivity contribution in [1.82, 2.24) is 4.98 Å². The normalized spacial score (nSPS) is 12.3. The highest BCUT2D eigenvalue weighted by Crippen LogP contribution is 2.31. The Morgan fingerprint density at radius 3 is 2.74 bits per heavy atom. The summed E-state index contributed by atoms with van der Waals surface area (Å²) in [6.45, 7) is 5.49. The first-order valence-corrected chi connectivity index (χ1v) is 7.24. The highest BCUT2D eigenvalue weighted by Gasteiger charge is 2.22. The Hall–Kier alpha value is -0.850. The van der Waals surface area contributed by atoms with Gasteiger partial charge in [0.1, 0.15) is 0 Å². The topological polar surface area (TPSA) is 51.7 Å². The second-order valence-corrected chi connectivity index (χ2v) is 5.39. The molecule has 0 saturated heterocycles. The molecule has 108 valence electrons. The summed E-state index contributed by atoms with van der Waals surface area (Å²) in [7, 11) is 2.99. The van der Waals surface area contributed by atoms with Gasteiger partial charge >= 0.3 is 5.97 Å². The van der Waals surface area contributed by atoms with Crippen LogP contribution in [0.15, 0.2) is 0 Å². The van der Waals surface area contributed by atoms with E-state index in [1.807, 2.05) is 0 Å². The van der Waals surface area contributed by atoms with E-state index in [-0.39, 0.29) is 5.15 Å². The molecule has 0 fully saturated rings. The van der Waals surface area contributed by atoms with Crippen LogP contribution in [0.1, 0.15) is 29.9 Å². The molecule has 1 atom stereocenters. The molecule has 1 aromatic rings. The number of anilines is 1. The summed E-state index contributed by atoms with van der Waals surface area (Å²) in [5, 5.41) is 0.911. The molecule has 0 saturated carbocycles. The molecule has 19 heavy (non-hydrogen) atoms. The quantitative estimate of drug-likeness (QED) is 0.725.